The van der Waals surface area contributed by atoms with Gasteiger partial charge in [-0.3, -0.25) is 9.69 Å². The first kappa shape index (κ1) is 22.2. The van der Waals surface area contributed by atoms with Crippen molar-refractivity contribution < 1.29 is 22.7 Å². The lowest BCUT2D eigenvalue weighted by molar-refractivity contribution is -0.137. The molecule has 0 spiro atoms. The van der Waals surface area contributed by atoms with E-state index in [4.69, 9.17) is 16.3 Å². The van der Waals surface area contributed by atoms with Crippen LogP contribution >= 0.6 is 11.6 Å². The van der Waals surface area contributed by atoms with Crippen molar-refractivity contribution in [1.29, 1.82) is 0 Å². The fraction of sp³-hybridized carbons (Fsp3) is 0.400. The van der Waals surface area contributed by atoms with Gasteiger partial charge in [0.1, 0.15) is 11.6 Å². The van der Waals surface area contributed by atoms with Gasteiger partial charge in [-0.15, -0.1) is 0 Å². The van der Waals surface area contributed by atoms with Crippen LogP contribution in [-0.4, -0.2) is 55.6 Å². The summed E-state index contributed by atoms with van der Waals surface area (Å²) in [4.78, 5) is 19.9. The van der Waals surface area contributed by atoms with Crippen molar-refractivity contribution in [2.75, 3.05) is 44.7 Å². The third kappa shape index (κ3) is 5.76. The van der Waals surface area contributed by atoms with Crippen LogP contribution in [0.5, 0.6) is 5.75 Å². The molecule has 1 aromatic carbocycles. The first-order chi connectivity index (χ1) is 14.3. The molecule has 2 aromatic rings. The lowest BCUT2D eigenvalue weighted by Crippen LogP contribution is -2.49. The molecule has 1 amide bonds. The zero-order chi connectivity index (χ0) is 21.7. The zero-order valence-corrected chi connectivity index (χ0v) is 17.1. The predicted octanol–water partition coefficient (Wildman–Crippen LogP) is 3.20. The van der Waals surface area contributed by atoms with Gasteiger partial charge in [-0.2, -0.15) is 13.2 Å². The van der Waals surface area contributed by atoms with Crippen LogP contribution in [-0.2, 0) is 17.5 Å². The van der Waals surface area contributed by atoms with Gasteiger partial charge < -0.3 is 15.0 Å². The number of nitrogens with zero attached hydrogens (tertiary/aromatic N) is 3. The molecular formula is C20H22ClF3N4O2. The Morgan fingerprint density at radius 2 is 1.87 bits per heavy atom. The molecule has 6 nitrogen and oxygen atoms in total. The highest BCUT2D eigenvalue weighted by Gasteiger charge is 2.32. The predicted molar refractivity (Wildman–Crippen MR) is 108 cm³/mol. The number of pyridine rings is 1. The van der Waals surface area contributed by atoms with E-state index in [9.17, 15) is 18.0 Å². The highest BCUT2D eigenvalue weighted by atomic mass is 35.5. The Hall–Kier alpha value is -2.52. The summed E-state index contributed by atoms with van der Waals surface area (Å²) in [7, 11) is 1.60. The average molecular weight is 443 g/mol. The molecule has 1 saturated heterocycles. The molecule has 0 aliphatic carbocycles. The van der Waals surface area contributed by atoms with Crippen molar-refractivity contribution in [3.8, 4) is 5.75 Å². The highest BCUT2D eigenvalue weighted by molar-refractivity contribution is 6.33. The number of amides is 1. The fourth-order valence-electron chi connectivity index (χ4n) is 3.14. The SMILES string of the molecule is COc1ccc(CNC(=O)CN2CCN(c3ncc(C(F)(F)F)cc3Cl)CC2)cc1. The fourth-order valence-corrected chi connectivity index (χ4v) is 3.43. The van der Waals surface area contributed by atoms with Crippen LogP contribution in [0.15, 0.2) is 36.5 Å². The van der Waals surface area contributed by atoms with Gasteiger partial charge in [0.05, 0.1) is 24.2 Å². The quantitative estimate of drug-likeness (QED) is 0.744. The number of anilines is 1. The molecule has 1 aromatic heterocycles. The molecule has 3 rings (SSSR count). The molecule has 1 N–H and O–H groups in total. The second kappa shape index (κ2) is 9.53. The van der Waals surface area contributed by atoms with E-state index in [2.05, 4.69) is 10.3 Å². The molecular weight excluding hydrogens is 421 g/mol. The maximum Gasteiger partial charge on any atom is 0.417 e. The van der Waals surface area contributed by atoms with E-state index in [-0.39, 0.29) is 17.5 Å². The number of rotatable bonds is 6. The third-order valence-corrected chi connectivity index (χ3v) is 5.12. The van der Waals surface area contributed by atoms with Crippen LogP contribution in [0.25, 0.3) is 0 Å². The lowest BCUT2D eigenvalue weighted by atomic mass is 10.2. The van der Waals surface area contributed by atoms with Crippen molar-refractivity contribution >= 4 is 23.3 Å². The first-order valence-electron chi connectivity index (χ1n) is 9.36. The van der Waals surface area contributed by atoms with Gasteiger partial charge in [-0.1, -0.05) is 23.7 Å². The number of aromatic nitrogens is 1. The number of nitrogens with one attached hydrogen (secondary N) is 1. The minimum atomic E-state index is -4.48. The van der Waals surface area contributed by atoms with Gasteiger partial charge in [-0.05, 0) is 23.8 Å². The summed E-state index contributed by atoms with van der Waals surface area (Å²) in [5, 5.41) is 2.85. The van der Waals surface area contributed by atoms with Gasteiger partial charge in [0, 0.05) is 38.9 Å². The standard InChI is InChI=1S/C20H22ClF3N4O2/c1-30-16-4-2-14(3-5-16)11-25-18(29)13-27-6-8-28(9-7-27)19-17(21)10-15(12-26-19)20(22,23)24/h2-5,10,12H,6-9,11,13H2,1H3,(H,25,29). The van der Waals surface area contributed by atoms with Gasteiger partial charge in [0.25, 0.3) is 0 Å². The summed E-state index contributed by atoms with van der Waals surface area (Å²) in [6, 6.07) is 8.34. The number of methoxy groups -OCH3 is 1. The molecule has 30 heavy (non-hydrogen) atoms. The van der Waals surface area contributed by atoms with Crippen molar-refractivity contribution in [3.63, 3.8) is 0 Å². The highest BCUT2D eigenvalue weighted by Crippen LogP contribution is 2.33. The van der Waals surface area contributed by atoms with Crippen LogP contribution in [0.4, 0.5) is 19.0 Å². The summed E-state index contributed by atoms with van der Waals surface area (Å²) >= 11 is 6.02. The maximum atomic E-state index is 12.8. The largest absolute Gasteiger partial charge is 0.497 e. The lowest BCUT2D eigenvalue weighted by Gasteiger charge is -2.35. The van der Waals surface area contributed by atoms with E-state index >= 15 is 0 Å². The Balaban J connectivity index is 1.46. The number of carbonyl (C=O) groups is 1. The van der Waals surface area contributed by atoms with Gasteiger partial charge in [0.15, 0.2) is 0 Å². The Morgan fingerprint density at radius 1 is 1.20 bits per heavy atom. The van der Waals surface area contributed by atoms with Crippen molar-refractivity contribution in [2.45, 2.75) is 12.7 Å². The van der Waals surface area contributed by atoms with E-state index in [0.29, 0.717) is 38.5 Å². The molecule has 0 unspecified atom stereocenters. The molecule has 1 aliphatic rings. The Morgan fingerprint density at radius 3 is 2.43 bits per heavy atom. The van der Waals surface area contributed by atoms with Crippen LogP contribution in [0.1, 0.15) is 11.1 Å². The smallest absolute Gasteiger partial charge is 0.417 e. The Labute approximate surface area is 177 Å². The van der Waals surface area contributed by atoms with Crippen LogP contribution in [0.2, 0.25) is 5.02 Å². The number of halogens is 4. The summed E-state index contributed by atoms with van der Waals surface area (Å²) in [6.07, 6.45) is -3.69. The van der Waals surface area contributed by atoms with Crippen molar-refractivity contribution in [2.24, 2.45) is 0 Å². The van der Waals surface area contributed by atoms with Crippen molar-refractivity contribution in [3.05, 3.63) is 52.7 Å². The van der Waals surface area contributed by atoms with Gasteiger partial charge >= 0.3 is 6.18 Å². The van der Waals surface area contributed by atoms with E-state index in [1.165, 1.54) is 0 Å². The molecule has 0 saturated carbocycles. The topological polar surface area (TPSA) is 57.7 Å². The van der Waals surface area contributed by atoms with E-state index < -0.39 is 11.7 Å². The van der Waals surface area contributed by atoms with E-state index in [1.807, 2.05) is 34.1 Å². The summed E-state index contributed by atoms with van der Waals surface area (Å²) in [6.45, 7) is 2.86. The molecule has 0 bridgehead atoms. The summed E-state index contributed by atoms with van der Waals surface area (Å²) in [5.74, 6) is 0.990. The third-order valence-electron chi connectivity index (χ3n) is 4.84. The van der Waals surface area contributed by atoms with E-state index in [0.717, 1.165) is 23.6 Å². The number of piperazine rings is 1. The molecule has 1 aliphatic heterocycles. The summed E-state index contributed by atoms with van der Waals surface area (Å²) in [5.41, 5.74) is 0.0976. The van der Waals surface area contributed by atoms with Crippen LogP contribution in [0, 0.1) is 0 Å². The normalized spacial score (nSPS) is 15.2. The Kier molecular flexibility index (Phi) is 7.04. The number of hydrogen-bond donors (Lipinski definition) is 1. The molecule has 1 fully saturated rings. The first-order valence-corrected chi connectivity index (χ1v) is 9.73. The van der Waals surface area contributed by atoms with Gasteiger partial charge in [-0.25, -0.2) is 4.98 Å². The van der Waals surface area contributed by atoms with Crippen LogP contribution in [0.3, 0.4) is 0 Å². The number of hydrogen-bond acceptors (Lipinski definition) is 5. The molecule has 10 heteroatoms. The molecule has 0 atom stereocenters. The minimum Gasteiger partial charge on any atom is -0.497 e. The molecule has 162 valence electrons. The van der Waals surface area contributed by atoms with E-state index in [1.54, 1.807) is 7.11 Å². The number of ether oxygens (including phenoxy) is 1. The Bertz CT molecular complexity index is 869. The average Bonchev–Trinajstić information content (AvgIpc) is 2.72. The maximum absolute atomic E-state index is 12.8. The number of benzene rings is 1. The molecule has 2 heterocycles. The summed E-state index contributed by atoms with van der Waals surface area (Å²) < 4.78 is 43.4. The van der Waals surface area contributed by atoms with Crippen LogP contribution < -0.4 is 15.0 Å². The van der Waals surface area contributed by atoms with Crippen molar-refractivity contribution in [1.82, 2.24) is 15.2 Å². The number of carbonyl (C=O) groups excluding carboxylic acids is 1. The monoisotopic (exact) mass is 442 g/mol. The second-order valence-electron chi connectivity index (χ2n) is 6.92. The van der Waals surface area contributed by atoms with Gasteiger partial charge in [0.2, 0.25) is 5.91 Å². The number of alkyl halides is 3. The molecule has 0 radical (unpaired) electrons. The minimum absolute atomic E-state index is 0.0319. The zero-order valence-electron chi connectivity index (χ0n) is 16.4. The second-order valence-corrected chi connectivity index (χ2v) is 7.32.